The summed E-state index contributed by atoms with van der Waals surface area (Å²) >= 11 is 0. The SMILES string of the molecule is Cc1ccc(C(=O)Nc2ccccc2C(=O)NCC(C)C)cc1C. The Morgan fingerprint density at radius 1 is 0.958 bits per heavy atom. The molecule has 4 heteroatoms. The van der Waals surface area contributed by atoms with Crippen molar-refractivity contribution in [2.24, 2.45) is 5.92 Å². The van der Waals surface area contributed by atoms with Crippen molar-refractivity contribution in [3.63, 3.8) is 0 Å². The van der Waals surface area contributed by atoms with Crippen LogP contribution in [0.4, 0.5) is 5.69 Å². The van der Waals surface area contributed by atoms with Crippen molar-refractivity contribution in [2.75, 3.05) is 11.9 Å². The number of rotatable bonds is 5. The Bertz CT molecular complexity index is 751. The topological polar surface area (TPSA) is 58.2 Å². The minimum Gasteiger partial charge on any atom is -0.352 e. The predicted octanol–water partition coefficient (Wildman–Crippen LogP) is 3.94. The lowest BCUT2D eigenvalue weighted by Crippen LogP contribution is -2.28. The lowest BCUT2D eigenvalue weighted by molar-refractivity contribution is 0.0950. The van der Waals surface area contributed by atoms with Gasteiger partial charge in [0.15, 0.2) is 0 Å². The molecule has 2 N–H and O–H groups in total. The number of hydrogen-bond donors (Lipinski definition) is 2. The summed E-state index contributed by atoms with van der Waals surface area (Å²) in [7, 11) is 0. The van der Waals surface area contributed by atoms with Crippen molar-refractivity contribution in [3.05, 3.63) is 64.7 Å². The van der Waals surface area contributed by atoms with E-state index < -0.39 is 0 Å². The van der Waals surface area contributed by atoms with Gasteiger partial charge in [0, 0.05) is 12.1 Å². The highest BCUT2D eigenvalue weighted by Gasteiger charge is 2.14. The molecule has 0 unspecified atom stereocenters. The first-order chi connectivity index (χ1) is 11.4. The molecule has 0 aliphatic carbocycles. The zero-order chi connectivity index (χ0) is 17.7. The van der Waals surface area contributed by atoms with Gasteiger partial charge in [0.2, 0.25) is 0 Å². The number of para-hydroxylation sites is 1. The molecule has 0 saturated heterocycles. The Kier molecular flexibility index (Phi) is 5.74. The molecule has 0 fully saturated rings. The zero-order valence-electron chi connectivity index (χ0n) is 14.6. The van der Waals surface area contributed by atoms with Crippen LogP contribution in [0.1, 0.15) is 45.7 Å². The fraction of sp³-hybridized carbons (Fsp3) is 0.300. The molecular weight excluding hydrogens is 300 g/mol. The average Bonchev–Trinajstić information content (AvgIpc) is 2.55. The Morgan fingerprint density at radius 2 is 1.67 bits per heavy atom. The van der Waals surface area contributed by atoms with Crippen molar-refractivity contribution >= 4 is 17.5 Å². The first kappa shape index (κ1) is 17.7. The van der Waals surface area contributed by atoms with Crippen LogP contribution in [0.2, 0.25) is 0 Å². The van der Waals surface area contributed by atoms with E-state index in [0.29, 0.717) is 29.3 Å². The summed E-state index contributed by atoms with van der Waals surface area (Å²) in [5.74, 6) is -0.0341. The summed E-state index contributed by atoms with van der Waals surface area (Å²) < 4.78 is 0. The van der Waals surface area contributed by atoms with Gasteiger partial charge in [-0.3, -0.25) is 9.59 Å². The second-order valence-corrected chi connectivity index (χ2v) is 6.40. The number of hydrogen-bond acceptors (Lipinski definition) is 2. The highest BCUT2D eigenvalue weighted by atomic mass is 16.2. The summed E-state index contributed by atoms with van der Waals surface area (Å²) in [4.78, 5) is 24.8. The highest BCUT2D eigenvalue weighted by molar-refractivity contribution is 6.09. The lowest BCUT2D eigenvalue weighted by Gasteiger charge is -2.13. The van der Waals surface area contributed by atoms with Gasteiger partial charge in [0.05, 0.1) is 11.3 Å². The molecule has 126 valence electrons. The van der Waals surface area contributed by atoms with Crippen LogP contribution in [0.15, 0.2) is 42.5 Å². The molecule has 2 amide bonds. The Hall–Kier alpha value is -2.62. The van der Waals surface area contributed by atoms with Gasteiger partial charge in [-0.1, -0.05) is 32.0 Å². The van der Waals surface area contributed by atoms with Crippen molar-refractivity contribution in [1.29, 1.82) is 0 Å². The number of benzene rings is 2. The molecule has 0 saturated carbocycles. The first-order valence-corrected chi connectivity index (χ1v) is 8.14. The largest absolute Gasteiger partial charge is 0.352 e. The van der Waals surface area contributed by atoms with Gasteiger partial charge in [-0.2, -0.15) is 0 Å². The van der Waals surface area contributed by atoms with E-state index in [2.05, 4.69) is 10.6 Å². The molecule has 0 aromatic heterocycles. The quantitative estimate of drug-likeness (QED) is 0.875. The van der Waals surface area contributed by atoms with Crippen LogP contribution in [-0.4, -0.2) is 18.4 Å². The molecule has 2 rings (SSSR count). The van der Waals surface area contributed by atoms with Crippen LogP contribution in [-0.2, 0) is 0 Å². The fourth-order valence-electron chi connectivity index (χ4n) is 2.26. The molecular formula is C20H24N2O2. The van der Waals surface area contributed by atoms with Gasteiger partial charge in [-0.05, 0) is 55.2 Å². The molecule has 2 aromatic rings. The molecule has 0 spiro atoms. The Morgan fingerprint density at radius 3 is 2.33 bits per heavy atom. The van der Waals surface area contributed by atoms with Crippen LogP contribution >= 0.6 is 0 Å². The molecule has 2 aromatic carbocycles. The maximum atomic E-state index is 12.5. The minimum atomic E-state index is -0.220. The van der Waals surface area contributed by atoms with E-state index in [4.69, 9.17) is 0 Å². The minimum absolute atomic E-state index is 0.181. The van der Waals surface area contributed by atoms with Gasteiger partial charge in [-0.25, -0.2) is 0 Å². The number of carbonyl (C=O) groups excluding carboxylic acids is 2. The highest BCUT2D eigenvalue weighted by Crippen LogP contribution is 2.17. The van der Waals surface area contributed by atoms with E-state index in [9.17, 15) is 9.59 Å². The molecule has 0 atom stereocenters. The monoisotopic (exact) mass is 324 g/mol. The first-order valence-electron chi connectivity index (χ1n) is 8.14. The number of anilines is 1. The van der Waals surface area contributed by atoms with Gasteiger partial charge >= 0.3 is 0 Å². The van der Waals surface area contributed by atoms with Crippen molar-refractivity contribution in [3.8, 4) is 0 Å². The molecule has 24 heavy (non-hydrogen) atoms. The Labute approximate surface area is 143 Å². The summed E-state index contributed by atoms with van der Waals surface area (Å²) in [6, 6.07) is 12.6. The molecule has 0 bridgehead atoms. The molecule has 0 heterocycles. The smallest absolute Gasteiger partial charge is 0.255 e. The summed E-state index contributed by atoms with van der Waals surface area (Å²) in [6.07, 6.45) is 0. The van der Waals surface area contributed by atoms with E-state index in [-0.39, 0.29) is 11.8 Å². The summed E-state index contributed by atoms with van der Waals surface area (Å²) in [5, 5.41) is 5.72. The maximum absolute atomic E-state index is 12.5. The van der Waals surface area contributed by atoms with E-state index in [0.717, 1.165) is 11.1 Å². The van der Waals surface area contributed by atoms with E-state index in [1.54, 1.807) is 30.3 Å². The Balaban J connectivity index is 2.18. The van der Waals surface area contributed by atoms with E-state index in [1.807, 2.05) is 39.8 Å². The van der Waals surface area contributed by atoms with Crippen LogP contribution in [0, 0.1) is 19.8 Å². The van der Waals surface area contributed by atoms with Gasteiger partial charge in [0.1, 0.15) is 0 Å². The predicted molar refractivity (Wildman–Crippen MR) is 97.5 cm³/mol. The normalized spacial score (nSPS) is 10.5. The van der Waals surface area contributed by atoms with Crippen LogP contribution in [0.3, 0.4) is 0 Å². The lowest BCUT2D eigenvalue weighted by atomic mass is 10.1. The third kappa shape index (κ3) is 4.44. The summed E-state index contributed by atoms with van der Waals surface area (Å²) in [6.45, 7) is 8.64. The average molecular weight is 324 g/mol. The van der Waals surface area contributed by atoms with E-state index in [1.165, 1.54) is 0 Å². The van der Waals surface area contributed by atoms with E-state index >= 15 is 0 Å². The maximum Gasteiger partial charge on any atom is 0.255 e. The standard InChI is InChI=1S/C20H24N2O2/c1-13(2)12-21-20(24)17-7-5-6-8-18(17)22-19(23)16-10-9-14(3)15(4)11-16/h5-11,13H,12H2,1-4H3,(H,21,24)(H,22,23). The third-order valence-corrected chi connectivity index (χ3v) is 3.86. The summed E-state index contributed by atoms with van der Waals surface area (Å²) in [5.41, 5.74) is 3.76. The van der Waals surface area contributed by atoms with Crippen molar-refractivity contribution in [2.45, 2.75) is 27.7 Å². The van der Waals surface area contributed by atoms with Crippen LogP contribution in [0.5, 0.6) is 0 Å². The number of amides is 2. The number of aryl methyl sites for hydroxylation is 2. The van der Waals surface area contributed by atoms with Gasteiger partial charge < -0.3 is 10.6 Å². The van der Waals surface area contributed by atoms with Crippen molar-refractivity contribution < 1.29 is 9.59 Å². The van der Waals surface area contributed by atoms with Crippen molar-refractivity contribution in [1.82, 2.24) is 5.32 Å². The molecule has 0 aliphatic rings. The molecule has 4 nitrogen and oxygen atoms in total. The van der Waals surface area contributed by atoms with Gasteiger partial charge in [0.25, 0.3) is 11.8 Å². The van der Waals surface area contributed by atoms with Gasteiger partial charge in [-0.15, -0.1) is 0 Å². The number of nitrogens with one attached hydrogen (secondary N) is 2. The second kappa shape index (κ2) is 7.77. The zero-order valence-corrected chi connectivity index (χ0v) is 14.6. The molecule has 0 aliphatic heterocycles. The third-order valence-electron chi connectivity index (χ3n) is 3.86. The molecule has 0 radical (unpaired) electrons. The second-order valence-electron chi connectivity index (χ2n) is 6.40. The number of carbonyl (C=O) groups is 2. The van der Waals surface area contributed by atoms with Crippen LogP contribution < -0.4 is 10.6 Å². The fourth-order valence-corrected chi connectivity index (χ4v) is 2.26. The van der Waals surface area contributed by atoms with Crippen LogP contribution in [0.25, 0.3) is 0 Å².